The molecule has 3 nitrogen and oxygen atoms in total. The van der Waals surface area contributed by atoms with E-state index in [1.54, 1.807) is 6.07 Å². The van der Waals surface area contributed by atoms with Gasteiger partial charge in [0.2, 0.25) is 0 Å². The molecule has 0 saturated carbocycles. The van der Waals surface area contributed by atoms with Crippen LogP contribution in [0.1, 0.15) is 42.1 Å². The Hall–Kier alpha value is -1.35. The number of aryl methyl sites for hydroxylation is 1. The fourth-order valence-corrected chi connectivity index (χ4v) is 1.64. The number of nitrogens with one attached hydrogen (secondary N) is 1. The van der Waals surface area contributed by atoms with Crippen molar-refractivity contribution in [3.05, 3.63) is 35.4 Å². The highest BCUT2D eigenvalue weighted by molar-refractivity contribution is 5.89. The highest BCUT2D eigenvalue weighted by atomic mass is 16.5. The number of unbranched alkanes of at least 4 members (excludes halogenated alkanes) is 1. The monoisotopic (exact) mass is 249 g/mol. The first kappa shape index (κ1) is 14.7. The lowest BCUT2D eigenvalue weighted by Crippen LogP contribution is -2.18. The molecule has 0 radical (unpaired) electrons. The van der Waals surface area contributed by atoms with Crippen LogP contribution in [0.4, 0.5) is 0 Å². The van der Waals surface area contributed by atoms with Gasteiger partial charge in [0.05, 0.1) is 12.2 Å². The van der Waals surface area contributed by atoms with Gasteiger partial charge in [-0.25, -0.2) is 4.79 Å². The summed E-state index contributed by atoms with van der Waals surface area (Å²) in [6, 6.07) is 7.48. The van der Waals surface area contributed by atoms with Crippen molar-refractivity contribution >= 4 is 5.97 Å². The lowest BCUT2D eigenvalue weighted by molar-refractivity contribution is 0.0500. The maximum absolute atomic E-state index is 11.7. The summed E-state index contributed by atoms with van der Waals surface area (Å²) in [4.78, 5) is 11.7. The number of hydrogen-bond donors (Lipinski definition) is 1. The lowest BCUT2D eigenvalue weighted by atomic mass is 10.1. The van der Waals surface area contributed by atoms with E-state index in [2.05, 4.69) is 12.2 Å². The molecule has 0 saturated heterocycles. The fraction of sp³-hybridized carbons (Fsp3) is 0.533. The second kappa shape index (κ2) is 8.70. The van der Waals surface area contributed by atoms with E-state index in [1.807, 2.05) is 25.1 Å². The largest absolute Gasteiger partial charge is 0.462 e. The first-order valence-corrected chi connectivity index (χ1v) is 6.68. The molecule has 0 atom stereocenters. The van der Waals surface area contributed by atoms with Crippen LogP contribution in [-0.2, 0) is 4.74 Å². The van der Waals surface area contributed by atoms with Crippen LogP contribution in [0, 0.1) is 6.92 Å². The van der Waals surface area contributed by atoms with Crippen molar-refractivity contribution in [2.45, 2.75) is 33.1 Å². The van der Waals surface area contributed by atoms with Gasteiger partial charge in [-0.1, -0.05) is 31.0 Å². The molecule has 0 unspecified atom stereocenters. The van der Waals surface area contributed by atoms with E-state index < -0.39 is 0 Å². The molecule has 0 fully saturated rings. The Morgan fingerprint density at radius 2 is 2.06 bits per heavy atom. The maximum atomic E-state index is 11.7. The lowest BCUT2D eigenvalue weighted by Gasteiger charge is -2.06. The van der Waals surface area contributed by atoms with Crippen LogP contribution in [0.15, 0.2) is 24.3 Å². The Kier molecular flexibility index (Phi) is 7.11. The van der Waals surface area contributed by atoms with Gasteiger partial charge in [0, 0.05) is 0 Å². The van der Waals surface area contributed by atoms with Gasteiger partial charge in [-0.15, -0.1) is 0 Å². The van der Waals surface area contributed by atoms with E-state index in [0.717, 1.165) is 25.1 Å². The van der Waals surface area contributed by atoms with Gasteiger partial charge in [-0.3, -0.25) is 0 Å². The molecule has 1 aromatic rings. The molecule has 0 spiro atoms. The van der Waals surface area contributed by atoms with Gasteiger partial charge in [0.15, 0.2) is 0 Å². The molecule has 3 heteroatoms. The maximum Gasteiger partial charge on any atom is 0.338 e. The Morgan fingerprint density at radius 3 is 2.78 bits per heavy atom. The molecule has 0 aliphatic rings. The molecule has 1 aromatic carbocycles. The molecule has 0 aliphatic carbocycles. The minimum absolute atomic E-state index is 0.229. The average Bonchev–Trinajstić information content (AvgIpc) is 2.37. The van der Waals surface area contributed by atoms with Crippen molar-refractivity contribution in [3.63, 3.8) is 0 Å². The number of rotatable bonds is 8. The van der Waals surface area contributed by atoms with Gasteiger partial charge >= 0.3 is 5.97 Å². The molecule has 0 heterocycles. The zero-order valence-electron chi connectivity index (χ0n) is 11.4. The highest BCUT2D eigenvalue weighted by Gasteiger charge is 2.05. The van der Waals surface area contributed by atoms with Crippen LogP contribution < -0.4 is 5.32 Å². The molecule has 0 aliphatic heterocycles. The molecule has 0 aromatic heterocycles. The summed E-state index contributed by atoms with van der Waals surface area (Å²) in [6.45, 7) is 6.56. The van der Waals surface area contributed by atoms with Crippen LogP contribution >= 0.6 is 0 Å². The summed E-state index contributed by atoms with van der Waals surface area (Å²) >= 11 is 0. The molecule has 1 N–H and O–H groups in total. The van der Waals surface area contributed by atoms with Crippen molar-refractivity contribution in [1.82, 2.24) is 5.32 Å². The van der Waals surface area contributed by atoms with Gasteiger partial charge < -0.3 is 10.1 Å². The van der Waals surface area contributed by atoms with Crippen molar-refractivity contribution in [2.24, 2.45) is 0 Å². The predicted molar refractivity (Wildman–Crippen MR) is 73.9 cm³/mol. The standard InChI is InChI=1S/C15H23NO2/c1-3-4-9-16-10-6-11-18-15(17)14-8-5-7-13(2)12-14/h5,7-8,12,16H,3-4,6,9-11H2,1-2H3. The zero-order chi connectivity index (χ0) is 13.2. The number of carbonyl (C=O) groups excluding carboxylic acids is 1. The van der Waals surface area contributed by atoms with Crippen LogP contribution in [0.3, 0.4) is 0 Å². The molecular weight excluding hydrogens is 226 g/mol. The summed E-state index contributed by atoms with van der Waals surface area (Å²) in [5.74, 6) is -0.229. The van der Waals surface area contributed by atoms with Crippen LogP contribution in [0.25, 0.3) is 0 Å². The van der Waals surface area contributed by atoms with Crippen molar-refractivity contribution in [3.8, 4) is 0 Å². The van der Waals surface area contributed by atoms with Crippen LogP contribution in [0.5, 0.6) is 0 Å². The first-order valence-electron chi connectivity index (χ1n) is 6.68. The van der Waals surface area contributed by atoms with Crippen LogP contribution in [-0.4, -0.2) is 25.7 Å². The van der Waals surface area contributed by atoms with Crippen molar-refractivity contribution in [2.75, 3.05) is 19.7 Å². The third-order valence-corrected chi connectivity index (χ3v) is 2.69. The van der Waals surface area contributed by atoms with E-state index in [1.165, 1.54) is 12.8 Å². The number of carbonyl (C=O) groups is 1. The number of hydrogen-bond acceptors (Lipinski definition) is 3. The Labute approximate surface area is 110 Å². The van der Waals surface area contributed by atoms with Gasteiger partial charge in [0.1, 0.15) is 0 Å². The van der Waals surface area contributed by atoms with Crippen molar-refractivity contribution < 1.29 is 9.53 Å². The Bertz CT molecular complexity index is 363. The SMILES string of the molecule is CCCCNCCCOC(=O)c1cccc(C)c1. The number of esters is 1. The molecular formula is C15H23NO2. The van der Waals surface area contributed by atoms with Crippen LogP contribution in [0.2, 0.25) is 0 Å². The first-order chi connectivity index (χ1) is 8.74. The van der Waals surface area contributed by atoms with E-state index in [-0.39, 0.29) is 5.97 Å². The smallest absolute Gasteiger partial charge is 0.338 e. The quantitative estimate of drug-likeness (QED) is 0.568. The fourth-order valence-electron chi connectivity index (χ4n) is 1.64. The van der Waals surface area contributed by atoms with Gasteiger partial charge in [-0.2, -0.15) is 0 Å². The summed E-state index contributed by atoms with van der Waals surface area (Å²) in [5, 5.41) is 3.32. The topological polar surface area (TPSA) is 38.3 Å². The Balaban J connectivity index is 2.14. The third kappa shape index (κ3) is 5.82. The summed E-state index contributed by atoms with van der Waals surface area (Å²) in [5.41, 5.74) is 1.71. The third-order valence-electron chi connectivity index (χ3n) is 2.69. The summed E-state index contributed by atoms with van der Waals surface area (Å²) in [7, 11) is 0. The van der Waals surface area contributed by atoms with Gasteiger partial charge in [-0.05, 0) is 45.0 Å². The molecule has 1 rings (SSSR count). The normalized spacial score (nSPS) is 10.3. The highest BCUT2D eigenvalue weighted by Crippen LogP contribution is 2.05. The minimum atomic E-state index is -0.229. The molecule has 0 bridgehead atoms. The minimum Gasteiger partial charge on any atom is -0.462 e. The van der Waals surface area contributed by atoms with E-state index in [0.29, 0.717) is 12.2 Å². The second-order valence-corrected chi connectivity index (χ2v) is 4.46. The molecule has 0 amide bonds. The Morgan fingerprint density at radius 1 is 1.28 bits per heavy atom. The average molecular weight is 249 g/mol. The van der Waals surface area contributed by atoms with E-state index in [4.69, 9.17) is 4.74 Å². The molecule has 100 valence electrons. The van der Waals surface area contributed by atoms with Crippen molar-refractivity contribution in [1.29, 1.82) is 0 Å². The number of benzene rings is 1. The second-order valence-electron chi connectivity index (χ2n) is 4.46. The summed E-state index contributed by atoms with van der Waals surface area (Å²) < 4.78 is 5.21. The van der Waals surface area contributed by atoms with Gasteiger partial charge in [0.25, 0.3) is 0 Å². The zero-order valence-corrected chi connectivity index (χ0v) is 11.4. The predicted octanol–water partition coefficient (Wildman–Crippen LogP) is 2.93. The molecule has 18 heavy (non-hydrogen) atoms. The number of ether oxygens (including phenoxy) is 1. The van der Waals surface area contributed by atoms with E-state index in [9.17, 15) is 4.79 Å². The summed E-state index contributed by atoms with van der Waals surface area (Å²) in [6.07, 6.45) is 3.26. The van der Waals surface area contributed by atoms with E-state index >= 15 is 0 Å².